The first-order valence-electron chi connectivity index (χ1n) is 6.04. The quantitative estimate of drug-likeness (QED) is 0.735. The standard InChI is InChI=1S/C15H13N3O/c1-10-4-2-5-11(8-10)15(19)17-13-7-3-6-12-9-16-18-14(12)13/h2-9H,1H3,(H,16,18)(H,17,19). The average molecular weight is 251 g/mol. The number of H-pyrrole nitrogens is 1. The number of hydrogen-bond donors (Lipinski definition) is 2. The Bertz CT molecular complexity index is 746. The zero-order valence-electron chi connectivity index (χ0n) is 10.5. The summed E-state index contributed by atoms with van der Waals surface area (Å²) in [6.45, 7) is 1.96. The van der Waals surface area contributed by atoms with E-state index in [9.17, 15) is 4.79 Å². The molecule has 0 atom stereocenters. The number of para-hydroxylation sites is 1. The van der Waals surface area contributed by atoms with Crippen LogP contribution in [0.25, 0.3) is 10.9 Å². The minimum atomic E-state index is -0.120. The molecule has 3 aromatic rings. The summed E-state index contributed by atoms with van der Waals surface area (Å²) in [7, 11) is 0. The Labute approximate surface area is 110 Å². The number of amides is 1. The molecule has 1 amide bonds. The average Bonchev–Trinajstić information content (AvgIpc) is 2.88. The lowest BCUT2D eigenvalue weighted by molar-refractivity contribution is 0.102. The number of nitrogens with zero attached hydrogens (tertiary/aromatic N) is 1. The van der Waals surface area contributed by atoms with Crippen LogP contribution in [0.2, 0.25) is 0 Å². The van der Waals surface area contributed by atoms with Crippen LogP contribution in [0, 0.1) is 6.92 Å². The third-order valence-corrected chi connectivity index (χ3v) is 3.01. The maximum Gasteiger partial charge on any atom is 0.255 e. The number of nitrogens with one attached hydrogen (secondary N) is 2. The molecule has 3 rings (SSSR count). The topological polar surface area (TPSA) is 57.8 Å². The number of carbonyl (C=O) groups excluding carboxylic acids is 1. The summed E-state index contributed by atoms with van der Waals surface area (Å²) in [5.74, 6) is -0.120. The van der Waals surface area contributed by atoms with Crippen LogP contribution in [-0.2, 0) is 0 Å². The fourth-order valence-corrected chi connectivity index (χ4v) is 2.05. The minimum absolute atomic E-state index is 0.120. The Hall–Kier alpha value is -2.62. The van der Waals surface area contributed by atoms with Gasteiger partial charge in [-0.25, -0.2) is 0 Å². The number of fused-ring (bicyclic) bond motifs is 1. The summed E-state index contributed by atoms with van der Waals surface area (Å²) < 4.78 is 0. The van der Waals surface area contributed by atoms with Crippen LogP contribution in [0.5, 0.6) is 0 Å². The van der Waals surface area contributed by atoms with Crippen molar-refractivity contribution < 1.29 is 4.79 Å². The summed E-state index contributed by atoms with van der Waals surface area (Å²) in [6, 6.07) is 13.2. The molecule has 1 aromatic heterocycles. The maximum atomic E-state index is 12.2. The highest BCUT2D eigenvalue weighted by atomic mass is 16.1. The molecule has 0 spiro atoms. The molecule has 0 unspecified atom stereocenters. The van der Waals surface area contributed by atoms with Crippen LogP contribution in [0.3, 0.4) is 0 Å². The molecular formula is C15H13N3O. The highest BCUT2D eigenvalue weighted by Crippen LogP contribution is 2.21. The van der Waals surface area contributed by atoms with Gasteiger partial charge in [-0.05, 0) is 25.1 Å². The predicted molar refractivity (Wildman–Crippen MR) is 75.2 cm³/mol. The van der Waals surface area contributed by atoms with Gasteiger partial charge in [-0.2, -0.15) is 5.10 Å². The number of hydrogen-bond acceptors (Lipinski definition) is 2. The van der Waals surface area contributed by atoms with E-state index in [0.29, 0.717) is 5.56 Å². The van der Waals surface area contributed by atoms with Crippen LogP contribution in [0.15, 0.2) is 48.7 Å². The molecule has 0 saturated carbocycles. The summed E-state index contributed by atoms with van der Waals surface area (Å²) in [4.78, 5) is 12.2. The van der Waals surface area contributed by atoms with E-state index in [1.165, 1.54) is 0 Å². The van der Waals surface area contributed by atoms with Gasteiger partial charge in [0.25, 0.3) is 5.91 Å². The minimum Gasteiger partial charge on any atom is -0.320 e. The van der Waals surface area contributed by atoms with Gasteiger partial charge < -0.3 is 5.32 Å². The number of carbonyl (C=O) groups is 1. The van der Waals surface area contributed by atoms with Crippen LogP contribution in [-0.4, -0.2) is 16.1 Å². The summed E-state index contributed by atoms with van der Waals surface area (Å²) in [5.41, 5.74) is 3.29. The fourth-order valence-electron chi connectivity index (χ4n) is 2.05. The van der Waals surface area contributed by atoms with Gasteiger partial charge in [0, 0.05) is 10.9 Å². The second-order valence-electron chi connectivity index (χ2n) is 4.46. The lowest BCUT2D eigenvalue weighted by Crippen LogP contribution is -2.12. The molecule has 0 aliphatic rings. The zero-order valence-corrected chi connectivity index (χ0v) is 10.5. The first-order valence-corrected chi connectivity index (χ1v) is 6.04. The number of benzene rings is 2. The van der Waals surface area contributed by atoms with Crippen LogP contribution < -0.4 is 5.32 Å². The molecule has 0 aliphatic heterocycles. The van der Waals surface area contributed by atoms with E-state index in [2.05, 4.69) is 15.5 Å². The van der Waals surface area contributed by atoms with Crippen molar-refractivity contribution in [2.75, 3.05) is 5.32 Å². The largest absolute Gasteiger partial charge is 0.320 e. The normalized spacial score (nSPS) is 10.6. The Balaban J connectivity index is 1.93. The van der Waals surface area contributed by atoms with E-state index in [-0.39, 0.29) is 5.91 Å². The highest BCUT2D eigenvalue weighted by Gasteiger charge is 2.09. The zero-order chi connectivity index (χ0) is 13.2. The summed E-state index contributed by atoms with van der Waals surface area (Å²) in [5, 5.41) is 10.7. The number of aromatic amines is 1. The highest BCUT2D eigenvalue weighted by molar-refractivity contribution is 6.08. The van der Waals surface area contributed by atoms with Crippen LogP contribution in [0.1, 0.15) is 15.9 Å². The molecule has 0 bridgehead atoms. The number of rotatable bonds is 2. The van der Waals surface area contributed by atoms with Crippen molar-refractivity contribution in [1.82, 2.24) is 10.2 Å². The van der Waals surface area contributed by atoms with Crippen molar-refractivity contribution in [3.05, 3.63) is 59.8 Å². The van der Waals surface area contributed by atoms with Gasteiger partial charge in [0.2, 0.25) is 0 Å². The van der Waals surface area contributed by atoms with Crippen LogP contribution in [0.4, 0.5) is 5.69 Å². The third kappa shape index (κ3) is 2.20. The third-order valence-electron chi connectivity index (χ3n) is 3.01. The molecule has 4 heteroatoms. The van der Waals surface area contributed by atoms with Crippen molar-refractivity contribution >= 4 is 22.5 Å². The lowest BCUT2D eigenvalue weighted by atomic mass is 10.1. The number of aromatic nitrogens is 2. The Morgan fingerprint density at radius 2 is 2.05 bits per heavy atom. The van der Waals surface area contributed by atoms with Crippen molar-refractivity contribution in [3.8, 4) is 0 Å². The summed E-state index contributed by atoms with van der Waals surface area (Å²) in [6.07, 6.45) is 1.73. The molecular weight excluding hydrogens is 238 g/mol. The Kier molecular flexibility index (Phi) is 2.76. The van der Waals surface area contributed by atoms with Gasteiger partial charge in [0.15, 0.2) is 0 Å². The van der Waals surface area contributed by atoms with Gasteiger partial charge in [-0.15, -0.1) is 0 Å². The smallest absolute Gasteiger partial charge is 0.255 e. The lowest BCUT2D eigenvalue weighted by Gasteiger charge is -2.06. The molecule has 2 N–H and O–H groups in total. The molecule has 0 saturated heterocycles. The molecule has 19 heavy (non-hydrogen) atoms. The summed E-state index contributed by atoms with van der Waals surface area (Å²) >= 11 is 0. The molecule has 0 fully saturated rings. The number of aryl methyl sites for hydroxylation is 1. The van der Waals surface area contributed by atoms with Crippen molar-refractivity contribution in [2.24, 2.45) is 0 Å². The van der Waals surface area contributed by atoms with Gasteiger partial charge in [-0.1, -0.05) is 29.8 Å². The van der Waals surface area contributed by atoms with E-state index in [1.54, 1.807) is 12.3 Å². The number of anilines is 1. The Morgan fingerprint density at radius 1 is 1.21 bits per heavy atom. The van der Waals surface area contributed by atoms with Crippen molar-refractivity contribution in [2.45, 2.75) is 6.92 Å². The monoisotopic (exact) mass is 251 g/mol. The van der Waals surface area contributed by atoms with Crippen LogP contribution >= 0.6 is 0 Å². The Morgan fingerprint density at radius 3 is 2.89 bits per heavy atom. The van der Waals surface area contributed by atoms with E-state index in [0.717, 1.165) is 22.2 Å². The molecule has 2 aromatic carbocycles. The second kappa shape index (κ2) is 4.57. The first-order chi connectivity index (χ1) is 9.24. The fraction of sp³-hybridized carbons (Fsp3) is 0.0667. The van der Waals surface area contributed by atoms with E-state index < -0.39 is 0 Å². The first kappa shape index (κ1) is 11.5. The van der Waals surface area contributed by atoms with Gasteiger partial charge in [0.1, 0.15) is 0 Å². The molecule has 4 nitrogen and oxygen atoms in total. The maximum absolute atomic E-state index is 12.2. The van der Waals surface area contributed by atoms with Crippen molar-refractivity contribution in [1.29, 1.82) is 0 Å². The van der Waals surface area contributed by atoms with Gasteiger partial charge >= 0.3 is 0 Å². The molecule has 0 radical (unpaired) electrons. The molecule has 0 aliphatic carbocycles. The molecule has 1 heterocycles. The van der Waals surface area contributed by atoms with Gasteiger partial charge in [0.05, 0.1) is 17.4 Å². The predicted octanol–water partition coefficient (Wildman–Crippen LogP) is 3.12. The van der Waals surface area contributed by atoms with Gasteiger partial charge in [-0.3, -0.25) is 9.89 Å². The molecule has 94 valence electrons. The van der Waals surface area contributed by atoms with E-state index in [1.807, 2.05) is 43.3 Å². The second-order valence-corrected chi connectivity index (χ2v) is 4.46. The van der Waals surface area contributed by atoms with E-state index in [4.69, 9.17) is 0 Å². The van der Waals surface area contributed by atoms with E-state index >= 15 is 0 Å². The SMILES string of the molecule is Cc1cccc(C(=O)Nc2cccc3cn[nH]c23)c1. The van der Waals surface area contributed by atoms with Crippen molar-refractivity contribution in [3.63, 3.8) is 0 Å².